The Hall–Kier alpha value is -1.62. The maximum absolute atomic E-state index is 12.6. The van der Waals surface area contributed by atoms with Crippen LogP contribution in [0.5, 0.6) is 0 Å². The molecule has 0 aliphatic carbocycles. The largest absolute Gasteiger partial charge is 0.386 e. The molecule has 1 N–H and O–H groups in total. The number of hydrogen-bond donors (Lipinski definition) is 1. The van der Waals surface area contributed by atoms with E-state index in [1.54, 1.807) is 47.6 Å². The molecule has 0 aliphatic rings. The fourth-order valence-electron chi connectivity index (χ4n) is 2.39. The highest BCUT2D eigenvalue weighted by Gasteiger charge is 2.21. The molecule has 1 atom stereocenters. The normalized spacial score (nSPS) is 12.2. The monoisotopic (exact) mass is 366 g/mol. The Morgan fingerprint density at radius 2 is 2.00 bits per heavy atom. The van der Waals surface area contributed by atoms with E-state index in [9.17, 15) is 9.90 Å². The first-order valence-corrected chi connectivity index (χ1v) is 8.45. The Morgan fingerprint density at radius 3 is 2.58 bits per heavy atom. The summed E-state index contributed by atoms with van der Waals surface area (Å²) in [5.74, 6) is -0.0775. The van der Waals surface area contributed by atoms with Gasteiger partial charge in [0.1, 0.15) is 0 Å². The highest BCUT2D eigenvalue weighted by Crippen LogP contribution is 2.23. The van der Waals surface area contributed by atoms with Gasteiger partial charge in [-0.15, -0.1) is 0 Å². The topological polar surface area (TPSA) is 53.4 Å². The number of carbonyl (C=O) groups excluding carboxylic acids is 1. The first kappa shape index (κ1) is 18.7. The van der Waals surface area contributed by atoms with Crippen LogP contribution in [0.25, 0.3) is 0 Å². The van der Waals surface area contributed by atoms with Crippen molar-refractivity contribution >= 4 is 29.1 Å². The van der Waals surface area contributed by atoms with Crippen molar-refractivity contribution in [2.45, 2.75) is 32.4 Å². The summed E-state index contributed by atoms with van der Waals surface area (Å²) < 4.78 is 0. The van der Waals surface area contributed by atoms with E-state index >= 15 is 0 Å². The van der Waals surface area contributed by atoms with Gasteiger partial charge in [-0.1, -0.05) is 35.3 Å². The van der Waals surface area contributed by atoms with E-state index in [0.29, 0.717) is 15.6 Å². The van der Waals surface area contributed by atoms with E-state index in [0.717, 1.165) is 5.56 Å². The molecule has 1 heterocycles. The molecule has 1 amide bonds. The van der Waals surface area contributed by atoms with Crippen LogP contribution in [0.3, 0.4) is 0 Å². The summed E-state index contributed by atoms with van der Waals surface area (Å²) in [5, 5.41) is 11.2. The maximum Gasteiger partial charge on any atom is 0.227 e. The zero-order valence-electron chi connectivity index (χ0n) is 13.6. The minimum absolute atomic E-state index is 0.0356. The van der Waals surface area contributed by atoms with Crippen LogP contribution in [0.4, 0.5) is 0 Å². The summed E-state index contributed by atoms with van der Waals surface area (Å²) in [7, 11) is 0. The van der Waals surface area contributed by atoms with Crippen LogP contribution >= 0.6 is 23.2 Å². The predicted octanol–water partition coefficient (Wildman–Crippen LogP) is 3.90. The minimum atomic E-state index is -0.779. The molecule has 6 heteroatoms. The highest BCUT2D eigenvalue weighted by molar-refractivity contribution is 6.42. The van der Waals surface area contributed by atoms with Crippen LogP contribution in [0.2, 0.25) is 10.0 Å². The molecule has 0 radical (unpaired) electrons. The van der Waals surface area contributed by atoms with Gasteiger partial charge in [0.05, 0.1) is 29.1 Å². The molecule has 0 fully saturated rings. The number of nitrogens with zero attached hydrogens (tertiary/aromatic N) is 2. The second-order valence-corrected chi connectivity index (χ2v) is 6.68. The lowest BCUT2D eigenvalue weighted by atomic mass is 10.1. The van der Waals surface area contributed by atoms with Crippen LogP contribution in [-0.4, -0.2) is 33.5 Å². The molecule has 2 rings (SSSR count). The standard InChI is InChI=1S/C18H20Cl2N2O2/c1-12(2)22(11-17(23)14-4-3-7-21-10-14)18(24)9-13-5-6-15(19)16(20)8-13/h3-8,10,12,17,23H,9,11H2,1-2H3/t17-/m1/s1. The van der Waals surface area contributed by atoms with Gasteiger partial charge in [0.25, 0.3) is 0 Å². The van der Waals surface area contributed by atoms with E-state index in [-0.39, 0.29) is 24.9 Å². The first-order chi connectivity index (χ1) is 11.4. The number of pyridine rings is 1. The molecule has 4 nitrogen and oxygen atoms in total. The minimum Gasteiger partial charge on any atom is -0.386 e. The molecule has 0 saturated heterocycles. The van der Waals surface area contributed by atoms with Crippen LogP contribution in [0.1, 0.15) is 31.1 Å². The highest BCUT2D eigenvalue weighted by atomic mass is 35.5. The number of hydrogen-bond acceptors (Lipinski definition) is 3. The Morgan fingerprint density at radius 1 is 1.25 bits per heavy atom. The van der Waals surface area contributed by atoms with E-state index < -0.39 is 6.10 Å². The van der Waals surface area contributed by atoms with Crippen molar-refractivity contribution in [1.82, 2.24) is 9.88 Å². The van der Waals surface area contributed by atoms with E-state index in [1.165, 1.54) is 0 Å². The summed E-state index contributed by atoms with van der Waals surface area (Å²) in [6.07, 6.45) is 2.67. The number of aromatic nitrogens is 1. The van der Waals surface area contributed by atoms with Crippen molar-refractivity contribution in [2.75, 3.05) is 6.54 Å². The average molecular weight is 367 g/mol. The molecule has 0 aliphatic heterocycles. The summed E-state index contributed by atoms with van der Waals surface area (Å²) in [4.78, 5) is 18.3. The zero-order valence-corrected chi connectivity index (χ0v) is 15.1. The van der Waals surface area contributed by atoms with Crippen LogP contribution < -0.4 is 0 Å². The summed E-state index contributed by atoms with van der Waals surface area (Å²) in [5.41, 5.74) is 1.47. The van der Waals surface area contributed by atoms with Gasteiger partial charge in [0.15, 0.2) is 0 Å². The van der Waals surface area contributed by atoms with E-state index in [2.05, 4.69) is 4.98 Å². The molecule has 2 aromatic rings. The molecule has 0 spiro atoms. The Bertz CT molecular complexity index is 693. The van der Waals surface area contributed by atoms with Crippen molar-refractivity contribution in [3.05, 3.63) is 63.9 Å². The summed E-state index contributed by atoms with van der Waals surface area (Å²) >= 11 is 11.9. The van der Waals surface area contributed by atoms with Crippen molar-refractivity contribution in [3.8, 4) is 0 Å². The van der Waals surface area contributed by atoms with E-state index in [1.807, 2.05) is 13.8 Å². The van der Waals surface area contributed by atoms with Crippen LogP contribution in [0.15, 0.2) is 42.7 Å². The first-order valence-electron chi connectivity index (χ1n) is 7.70. The van der Waals surface area contributed by atoms with Gasteiger partial charge in [0, 0.05) is 24.0 Å². The van der Waals surface area contributed by atoms with Crippen molar-refractivity contribution in [3.63, 3.8) is 0 Å². The molecule has 1 aromatic heterocycles. The van der Waals surface area contributed by atoms with Crippen molar-refractivity contribution in [2.24, 2.45) is 0 Å². The number of benzene rings is 1. The fourth-order valence-corrected chi connectivity index (χ4v) is 2.71. The average Bonchev–Trinajstić information content (AvgIpc) is 2.56. The molecule has 128 valence electrons. The third kappa shape index (κ3) is 4.94. The van der Waals surface area contributed by atoms with Gasteiger partial charge in [0.2, 0.25) is 5.91 Å². The molecule has 0 bridgehead atoms. The smallest absolute Gasteiger partial charge is 0.227 e. The molecule has 24 heavy (non-hydrogen) atoms. The molecular formula is C18H20Cl2N2O2. The zero-order chi connectivity index (χ0) is 17.7. The number of halogens is 2. The molecule has 0 unspecified atom stereocenters. The van der Waals surface area contributed by atoms with Gasteiger partial charge in [-0.25, -0.2) is 0 Å². The third-order valence-corrected chi connectivity index (χ3v) is 4.46. The number of amides is 1. The molecular weight excluding hydrogens is 347 g/mol. The van der Waals surface area contributed by atoms with Crippen molar-refractivity contribution in [1.29, 1.82) is 0 Å². The maximum atomic E-state index is 12.6. The van der Waals surface area contributed by atoms with Crippen LogP contribution in [-0.2, 0) is 11.2 Å². The quantitative estimate of drug-likeness (QED) is 0.843. The number of aliphatic hydroxyl groups excluding tert-OH is 1. The number of carbonyl (C=O) groups is 1. The van der Waals surface area contributed by atoms with Gasteiger partial charge in [-0.05, 0) is 37.6 Å². The Balaban J connectivity index is 2.09. The molecule has 1 aromatic carbocycles. The van der Waals surface area contributed by atoms with Crippen LogP contribution in [0, 0.1) is 0 Å². The van der Waals surface area contributed by atoms with Crippen molar-refractivity contribution < 1.29 is 9.90 Å². The van der Waals surface area contributed by atoms with Gasteiger partial charge in [-0.3, -0.25) is 9.78 Å². The fraction of sp³-hybridized carbons (Fsp3) is 0.333. The second kappa shape index (κ2) is 8.47. The van der Waals surface area contributed by atoms with Gasteiger partial charge in [-0.2, -0.15) is 0 Å². The lowest BCUT2D eigenvalue weighted by Gasteiger charge is -2.29. The SMILES string of the molecule is CC(C)N(C[C@@H](O)c1cccnc1)C(=O)Cc1ccc(Cl)c(Cl)c1. The van der Waals surface area contributed by atoms with Gasteiger partial charge < -0.3 is 10.0 Å². The third-order valence-electron chi connectivity index (χ3n) is 3.72. The summed E-state index contributed by atoms with van der Waals surface area (Å²) in [6, 6.07) is 8.66. The van der Waals surface area contributed by atoms with Gasteiger partial charge >= 0.3 is 0 Å². The lowest BCUT2D eigenvalue weighted by molar-refractivity contribution is -0.133. The number of rotatable bonds is 6. The lowest BCUT2D eigenvalue weighted by Crippen LogP contribution is -2.40. The Kier molecular flexibility index (Phi) is 6.60. The van der Waals surface area contributed by atoms with E-state index in [4.69, 9.17) is 23.2 Å². The Labute approximate surface area is 152 Å². The second-order valence-electron chi connectivity index (χ2n) is 5.87. The number of aliphatic hydroxyl groups is 1. The summed E-state index contributed by atoms with van der Waals surface area (Å²) in [6.45, 7) is 4.05. The predicted molar refractivity (Wildman–Crippen MR) is 96.2 cm³/mol. The molecule has 0 saturated carbocycles.